The molecule has 0 aromatic heterocycles. The van der Waals surface area contributed by atoms with E-state index in [2.05, 4.69) is 46.1 Å². The lowest BCUT2D eigenvalue weighted by molar-refractivity contribution is -0.143. The van der Waals surface area contributed by atoms with Gasteiger partial charge in [0, 0.05) is 26.5 Å². The van der Waals surface area contributed by atoms with Crippen LogP contribution in [0.3, 0.4) is 0 Å². The van der Waals surface area contributed by atoms with Crippen molar-refractivity contribution >= 4 is 55.6 Å². The summed E-state index contributed by atoms with van der Waals surface area (Å²) in [5.41, 5.74) is 3.64. The Morgan fingerprint density at radius 1 is 0.812 bits per heavy atom. The van der Waals surface area contributed by atoms with E-state index in [-0.39, 0.29) is 11.6 Å². The average molecular weight is 570 g/mol. The molecular weight excluding hydrogens is 548 g/mol. The summed E-state index contributed by atoms with van der Waals surface area (Å²) in [6, 6.07) is 11.4. The topological polar surface area (TPSA) is 96.0 Å². The van der Waals surface area contributed by atoms with Gasteiger partial charge in [-0.25, -0.2) is 4.79 Å². The van der Waals surface area contributed by atoms with Crippen molar-refractivity contribution in [2.24, 2.45) is 5.92 Å². The molecule has 0 heterocycles. The van der Waals surface area contributed by atoms with E-state index in [4.69, 9.17) is 0 Å². The van der Waals surface area contributed by atoms with Gasteiger partial charge in [-0.2, -0.15) is 0 Å². The Morgan fingerprint density at radius 3 is 1.91 bits per heavy atom. The minimum Gasteiger partial charge on any atom is -0.468 e. The van der Waals surface area contributed by atoms with Gasteiger partial charge < -0.3 is 14.2 Å². The third-order valence-corrected chi connectivity index (χ3v) is 5.88. The molecule has 0 saturated carbocycles. The monoisotopic (exact) mass is 568 g/mol. The van der Waals surface area contributed by atoms with E-state index < -0.39 is 18.0 Å². The molecule has 9 heteroatoms. The van der Waals surface area contributed by atoms with Crippen molar-refractivity contribution in [3.05, 3.63) is 67.6 Å². The predicted molar refractivity (Wildman–Crippen MR) is 124 cm³/mol. The Bertz CT molecular complexity index is 1030. The van der Waals surface area contributed by atoms with Gasteiger partial charge >= 0.3 is 12.1 Å². The highest BCUT2D eigenvalue weighted by atomic mass is 79.9. The predicted octanol–water partition coefficient (Wildman–Crippen LogP) is 4.95. The highest BCUT2D eigenvalue weighted by Crippen LogP contribution is 2.29. The number of benzene rings is 2. The average Bonchev–Trinajstić information content (AvgIpc) is 3.33. The molecule has 7 nitrogen and oxygen atoms in total. The smallest absolute Gasteiger partial charge is 0.468 e. The quantitative estimate of drug-likeness (QED) is 0.354. The van der Waals surface area contributed by atoms with Gasteiger partial charge in [0.15, 0.2) is 11.6 Å². The Labute approximate surface area is 202 Å². The molecule has 170 valence electrons. The van der Waals surface area contributed by atoms with E-state index in [0.29, 0.717) is 18.4 Å². The zero-order valence-electron chi connectivity index (χ0n) is 17.8. The molecule has 1 unspecified atom stereocenters. The van der Waals surface area contributed by atoms with Crippen LogP contribution in [0.15, 0.2) is 45.3 Å². The summed E-state index contributed by atoms with van der Waals surface area (Å²) >= 11 is 6.64. The summed E-state index contributed by atoms with van der Waals surface area (Å²) in [5.74, 6) is -0.967. The van der Waals surface area contributed by atoms with E-state index >= 15 is 0 Å². The molecule has 0 radical (unpaired) electrons. The Hall–Kier alpha value is -2.52. The molecule has 32 heavy (non-hydrogen) atoms. The van der Waals surface area contributed by atoms with E-state index in [0.717, 1.165) is 26.5 Å². The number of methoxy groups -OCH3 is 3. The van der Waals surface area contributed by atoms with Crippen LogP contribution in [-0.2, 0) is 31.8 Å². The molecule has 2 aliphatic rings. The standard InChI is InChI=1S/C11H9BrO3.C9H7BrO.C3H6O3/c1-15-11(14)9-4-6-2-3-7(12)5-8(6)10(9)13;10-7-3-1-6-2-4-9(11)8(6)5-7;1-5-3(4)6-2/h2-3,5,9H,4H2,1H3;1,3,5H,2,4H2;1-2H3. The molecule has 1 atom stereocenters. The lowest BCUT2D eigenvalue weighted by atomic mass is 10.1. The molecule has 2 aromatic rings. The second-order valence-electron chi connectivity index (χ2n) is 6.83. The lowest BCUT2D eigenvalue weighted by Gasteiger charge is -2.03. The van der Waals surface area contributed by atoms with Gasteiger partial charge in [0.05, 0.1) is 21.3 Å². The minimum atomic E-state index is -0.657. The number of ketones is 2. The number of halogens is 2. The number of Topliss-reactive ketones (excluding diaryl/α,β-unsaturated/α-hetero) is 2. The summed E-state index contributed by atoms with van der Waals surface area (Å²) in [6.07, 6.45) is 1.40. The molecule has 0 amide bonds. The van der Waals surface area contributed by atoms with Crippen LogP contribution in [-0.4, -0.2) is 45.0 Å². The fourth-order valence-electron chi connectivity index (χ4n) is 3.28. The number of hydrogen-bond acceptors (Lipinski definition) is 7. The Balaban J connectivity index is 0.000000188. The van der Waals surface area contributed by atoms with Crippen LogP contribution in [0.2, 0.25) is 0 Å². The summed E-state index contributed by atoms with van der Waals surface area (Å²) < 4.78 is 14.5. The molecule has 0 aliphatic heterocycles. The van der Waals surface area contributed by atoms with Crippen molar-refractivity contribution in [1.29, 1.82) is 0 Å². The number of aryl methyl sites for hydroxylation is 1. The Morgan fingerprint density at radius 2 is 1.38 bits per heavy atom. The number of esters is 1. The van der Waals surface area contributed by atoms with Crippen LogP contribution < -0.4 is 0 Å². The van der Waals surface area contributed by atoms with Crippen molar-refractivity contribution in [2.45, 2.75) is 19.3 Å². The van der Waals surface area contributed by atoms with E-state index in [1.807, 2.05) is 30.3 Å². The molecule has 4 rings (SSSR count). The maximum absolute atomic E-state index is 11.8. The maximum atomic E-state index is 11.8. The first kappa shape index (κ1) is 25.7. The molecule has 0 N–H and O–H groups in total. The summed E-state index contributed by atoms with van der Waals surface area (Å²) in [6.45, 7) is 0. The van der Waals surface area contributed by atoms with Crippen LogP contribution in [0, 0.1) is 5.92 Å². The SMILES string of the molecule is COC(=O)C1Cc2ccc(Br)cc2C1=O.COC(=O)OC.O=C1CCc2ccc(Br)cc21. The van der Waals surface area contributed by atoms with Crippen LogP contribution >= 0.6 is 31.9 Å². The largest absolute Gasteiger partial charge is 0.507 e. The molecule has 2 aromatic carbocycles. The number of carbonyl (C=O) groups excluding carboxylic acids is 4. The Kier molecular flexibility index (Phi) is 9.59. The molecule has 2 aliphatic carbocycles. The number of rotatable bonds is 1. The van der Waals surface area contributed by atoms with Gasteiger partial charge in [-0.3, -0.25) is 14.4 Å². The van der Waals surface area contributed by atoms with Crippen molar-refractivity contribution in [3.63, 3.8) is 0 Å². The minimum absolute atomic E-state index is 0.141. The van der Waals surface area contributed by atoms with Gasteiger partial charge in [-0.05, 0) is 48.2 Å². The molecular formula is C23H22Br2O7. The van der Waals surface area contributed by atoms with Gasteiger partial charge in [-0.1, -0.05) is 44.0 Å². The van der Waals surface area contributed by atoms with Crippen LogP contribution in [0.25, 0.3) is 0 Å². The molecule has 0 saturated heterocycles. The maximum Gasteiger partial charge on any atom is 0.507 e. The van der Waals surface area contributed by atoms with Crippen LogP contribution in [0.1, 0.15) is 38.3 Å². The number of hydrogen-bond donors (Lipinski definition) is 0. The zero-order chi connectivity index (χ0) is 23.8. The highest BCUT2D eigenvalue weighted by Gasteiger charge is 2.36. The number of carbonyl (C=O) groups is 4. The third kappa shape index (κ3) is 6.49. The van der Waals surface area contributed by atoms with Crippen molar-refractivity contribution in [3.8, 4) is 0 Å². The van der Waals surface area contributed by atoms with Gasteiger partial charge in [0.1, 0.15) is 5.92 Å². The first-order valence-corrected chi connectivity index (χ1v) is 11.1. The third-order valence-electron chi connectivity index (χ3n) is 4.89. The van der Waals surface area contributed by atoms with Gasteiger partial charge in [0.25, 0.3) is 0 Å². The van der Waals surface area contributed by atoms with Crippen LogP contribution in [0.5, 0.6) is 0 Å². The van der Waals surface area contributed by atoms with Gasteiger partial charge in [-0.15, -0.1) is 0 Å². The van der Waals surface area contributed by atoms with Gasteiger partial charge in [0.2, 0.25) is 0 Å². The lowest BCUT2D eigenvalue weighted by Crippen LogP contribution is -2.21. The van der Waals surface area contributed by atoms with E-state index in [1.165, 1.54) is 26.9 Å². The summed E-state index contributed by atoms with van der Waals surface area (Å²) in [4.78, 5) is 44.1. The second kappa shape index (κ2) is 11.9. The van der Waals surface area contributed by atoms with Crippen molar-refractivity contribution < 1.29 is 33.4 Å². The molecule has 0 spiro atoms. The first-order chi connectivity index (χ1) is 15.2. The first-order valence-electron chi connectivity index (χ1n) is 9.55. The molecule has 0 bridgehead atoms. The normalized spacial score (nSPS) is 15.3. The number of fused-ring (bicyclic) bond motifs is 2. The number of ether oxygens (including phenoxy) is 3. The van der Waals surface area contributed by atoms with E-state index in [1.54, 1.807) is 6.07 Å². The second-order valence-corrected chi connectivity index (χ2v) is 8.66. The highest BCUT2D eigenvalue weighted by molar-refractivity contribution is 9.10. The fraction of sp³-hybridized carbons (Fsp3) is 0.304. The van der Waals surface area contributed by atoms with Crippen LogP contribution in [0.4, 0.5) is 4.79 Å². The summed E-state index contributed by atoms with van der Waals surface area (Å²) in [5, 5.41) is 0. The summed E-state index contributed by atoms with van der Waals surface area (Å²) in [7, 11) is 3.81. The molecule has 0 fully saturated rings. The fourth-order valence-corrected chi connectivity index (χ4v) is 4.00. The van der Waals surface area contributed by atoms with Crippen molar-refractivity contribution in [1.82, 2.24) is 0 Å². The van der Waals surface area contributed by atoms with Crippen molar-refractivity contribution in [2.75, 3.05) is 21.3 Å². The zero-order valence-corrected chi connectivity index (χ0v) is 20.9. The van der Waals surface area contributed by atoms with E-state index in [9.17, 15) is 19.2 Å².